The zero-order valence-corrected chi connectivity index (χ0v) is 21.8. The van der Waals surface area contributed by atoms with E-state index in [2.05, 4.69) is 9.44 Å². The number of benzene rings is 2. The first kappa shape index (κ1) is 27.1. The minimum atomic E-state index is -4.01. The summed E-state index contributed by atoms with van der Waals surface area (Å²) >= 11 is -5.08. The molecule has 2 fully saturated rings. The van der Waals surface area contributed by atoms with Gasteiger partial charge in [0.15, 0.2) is 0 Å². The summed E-state index contributed by atoms with van der Waals surface area (Å²) < 4.78 is 109. The fourth-order valence-corrected chi connectivity index (χ4v) is 8.08. The van der Waals surface area contributed by atoms with E-state index in [0.29, 0.717) is 0 Å². The highest BCUT2D eigenvalue weighted by molar-refractivity contribution is 7.89. The second-order valence-electron chi connectivity index (χ2n) is 8.00. The van der Waals surface area contributed by atoms with E-state index in [1.165, 1.54) is 57.1 Å². The molecule has 36 heavy (non-hydrogen) atoms. The molecule has 1 spiro atoms. The third kappa shape index (κ3) is 5.48. The smallest absolute Gasteiger partial charge is 0.245 e. The van der Waals surface area contributed by atoms with Gasteiger partial charge in [-0.15, -0.1) is 0 Å². The van der Waals surface area contributed by atoms with Crippen LogP contribution in [0.1, 0.15) is 12.8 Å². The molecule has 0 amide bonds. The molecule has 17 heteroatoms. The van der Waals surface area contributed by atoms with Gasteiger partial charge in [-0.3, -0.25) is 8.42 Å². The summed E-state index contributed by atoms with van der Waals surface area (Å²) in [7, 11) is -7.91. The fraction of sp³-hybridized carbons (Fsp3) is 0.368. The Kier molecular flexibility index (Phi) is 7.84. The molecule has 2 aliphatic heterocycles. The number of nitrogens with one attached hydrogen (secondary N) is 2. The molecule has 2 aliphatic rings. The van der Waals surface area contributed by atoms with Crippen molar-refractivity contribution in [1.29, 1.82) is 0 Å². The Labute approximate surface area is 213 Å². The number of ether oxygens (including phenoxy) is 1. The molecule has 2 aromatic carbocycles. The fourth-order valence-electron chi connectivity index (χ4n) is 4.26. The summed E-state index contributed by atoms with van der Waals surface area (Å²) in [5, 5.41) is 0. The summed E-state index contributed by atoms with van der Waals surface area (Å²) in [5.74, 6) is 0. The molecule has 0 aromatic heterocycles. The average molecular weight is 579 g/mol. The Bertz CT molecular complexity index is 1360. The average Bonchev–Trinajstić information content (AvgIpc) is 3.23. The van der Waals surface area contributed by atoms with E-state index in [-0.39, 0.29) is 60.2 Å². The van der Waals surface area contributed by atoms with E-state index < -0.39 is 48.3 Å². The molecule has 2 aromatic rings. The van der Waals surface area contributed by atoms with E-state index in [1.54, 1.807) is 0 Å². The van der Waals surface area contributed by atoms with Crippen molar-refractivity contribution in [1.82, 2.24) is 8.61 Å². The van der Waals surface area contributed by atoms with Gasteiger partial charge in [-0.2, -0.15) is 8.61 Å². The van der Waals surface area contributed by atoms with Gasteiger partial charge in [-0.25, -0.2) is 16.8 Å². The van der Waals surface area contributed by atoms with E-state index in [0.717, 1.165) is 0 Å². The van der Waals surface area contributed by atoms with Crippen LogP contribution < -0.4 is 9.44 Å². The number of rotatable bonds is 8. The summed E-state index contributed by atoms with van der Waals surface area (Å²) in [6.45, 7) is 0.264. The maximum atomic E-state index is 13.4. The molecule has 0 radical (unpaired) electrons. The lowest BCUT2D eigenvalue weighted by molar-refractivity contribution is -0.0806. The minimum Gasteiger partial charge on any atom is -0.755 e. The van der Waals surface area contributed by atoms with Crippen molar-refractivity contribution in [3.63, 3.8) is 0 Å². The topological polar surface area (TPSA) is 188 Å². The largest absolute Gasteiger partial charge is 0.755 e. The Hall–Kier alpha value is -1.96. The molecule has 2 N–H and O–H groups in total. The summed E-state index contributed by atoms with van der Waals surface area (Å²) in [6.07, 6.45) is 0.212. The van der Waals surface area contributed by atoms with Crippen LogP contribution in [-0.4, -0.2) is 74.9 Å². The van der Waals surface area contributed by atoms with Crippen molar-refractivity contribution in [3.8, 4) is 0 Å². The van der Waals surface area contributed by atoms with Crippen LogP contribution in [-0.2, 0) is 47.3 Å². The van der Waals surface area contributed by atoms with E-state index in [1.807, 2.05) is 0 Å². The van der Waals surface area contributed by atoms with Crippen molar-refractivity contribution in [3.05, 3.63) is 48.5 Å². The SMILES string of the molecule is O=S([O-])Nc1ccc(S(=O)(=O)N2CCC3(CC2)OCCN3S(=O)(=O)c2ccc(NS(=O)[O-])cc2)cc1. The summed E-state index contributed by atoms with van der Waals surface area (Å²) in [6, 6.07) is 10.5. The Morgan fingerprint density at radius 1 is 0.750 bits per heavy atom. The first-order valence-electron chi connectivity index (χ1n) is 10.5. The molecule has 0 aliphatic carbocycles. The molecule has 13 nitrogen and oxygen atoms in total. The van der Waals surface area contributed by atoms with Gasteiger partial charge in [0.1, 0.15) is 5.72 Å². The van der Waals surface area contributed by atoms with Crippen molar-refractivity contribution in [2.75, 3.05) is 35.7 Å². The van der Waals surface area contributed by atoms with Crippen molar-refractivity contribution >= 4 is 54.0 Å². The normalized spacial score (nSPS) is 20.7. The molecule has 2 atom stereocenters. The van der Waals surface area contributed by atoms with Gasteiger partial charge >= 0.3 is 0 Å². The van der Waals surface area contributed by atoms with Gasteiger partial charge < -0.3 is 23.3 Å². The van der Waals surface area contributed by atoms with Crippen LogP contribution >= 0.6 is 0 Å². The van der Waals surface area contributed by atoms with Gasteiger partial charge in [0, 0.05) is 66.4 Å². The number of hydrogen-bond donors (Lipinski definition) is 2. The van der Waals surface area contributed by atoms with Crippen LogP contribution in [0.3, 0.4) is 0 Å². The van der Waals surface area contributed by atoms with E-state index in [4.69, 9.17) is 4.74 Å². The number of sulfonamides is 2. The lowest BCUT2D eigenvalue weighted by atomic mass is 10.0. The van der Waals surface area contributed by atoms with Crippen LogP contribution in [0.5, 0.6) is 0 Å². The van der Waals surface area contributed by atoms with Gasteiger partial charge in [-0.05, 0) is 48.5 Å². The highest BCUT2D eigenvalue weighted by Gasteiger charge is 2.51. The van der Waals surface area contributed by atoms with Crippen LogP contribution in [0.4, 0.5) is 11.4 Å². The lowest BCUT2D eigenvalue weighted by Crippen LogP contribution is -2.55. The number of anilines is 2. The monoisotopic (exact) mass is 578 g/mol. The molecule has 2 unspecified atom stereocenters. The zero-order valence-electron chi connectivity index (χ0n) is 18.6. The predicted octanol–water partition coefficient (Wildman–Crippen LogP) is 0.301. The molecule has 2 heterocycles. The van der Waals surface area contributed by atoms with Gasteiger partial charge in [0.2, 0.25) is 20.0 Å². The van der Waals surface area contributed by atoms with Crippen LogP contribution in [0.25, 0.3) is 0 Å². The van der Waals surface area contributed by atoms with E-state index in [9.17, 15) is 34.4 Å². The maximum Gasteiger partial charge on any atom is 0.245 e. The van der Waals surface area contributed by atoms with Crippen LogP contribution in [0.15, 0.2) is 58.3 Å². The predicted molar refractivity (Wildman–Crippen MR) is 129 cm³/mol. The first-order chi connectivity index (χ1) is 16.9. The Morgan fingerprint density at radius 3 is 1.64 bits per heavy atom. The van der Waals surface area contributed by atoms with Crippen molar-refractivity contribution in [2.24, 2.45) is 0 Å². The molecule has 0 bridgehead atoms. The lowest BCUT2D eigenvalue weighted by Gasteiger charge is -2.42. The van der Waals surface area contributed by atoms with E-state index >= 15 is 0 Å². The van der Waals surface area contributed by atoms with Crippen molar-refractivity contribution in [2.45, 2.75) is 28.4 Å². The first-order valence-corrected chi connectivity index (χ1v) is 15.6. The molecular formula is C19H22N4O9S4-2. The third-order valence-electron chi connectivity index (χ3n) is 5.96. The second-order valence-corrected chi connectivity index (χ2v) is 13.1. The number of nitrogens with zero attached hydrogens (tertiary/aromatic N) is 2. The zero-order chi connectivity index (χ0) is 26.1. The molecule has 4 rings (SSSR count). The van der Waals surface area contributed by atoms with Crippen molar-refractivity contribution < 1.29 is 39.1 Å². The molecular weight excluding hydrogens is 556 g/mol. The summed E-state index contributed by atoms with van der Waals surface area (Å²) in [4.78, 5) is -0.0671. The van der Waals surface area contributed by atoms with Gasteiger partial charge in [0.25, 0.3) is 0 Å². The molecule has 0 saturated carbocycles. The quantitative estimate of drug-likeness (QED) is 0.415. The van der Waals surface area contributed by atoms with Gasteiger partial charge in [0.05, 0.1) is 16.4 Å². The van der Waals surface area contributed by atoms with Crippen LogP contribution in [0.2, 0.25) is 0 Å². The minimum absolute atomic E-state index is 0.0110. The highest BCUT2D eigenvalue weighted by Crippen LogP contribution is 2.39. The molecule has 2 saturated heterocycles. The second kappa shape index (κ2) is 10.4. The van der Waals surface area contributed by atoms with Gasteiger partial charge in [-0.1, -0.05) is 0 Å². The Morgan fingerprint density at radius 2 is 1.19 bits per heavy atom. The third-order valence-corrected chi connectivity index (χ3v) is 10.6. The Balaban J connectivity index is 1.49. The molecule has 198 valence electrons. The standard InChI is InChI=1S/C19H24N4O9S4/c24-33(25)20-15-1-5-17(6-2-15)35(28,29)22-11-9-19(10-12-22)23(13-14-32-19)36(30,31)18-7-3-16(4-8-18)21-34(26)27/h1-8,20-21H,9-14H2,(H,24,25)(H,26,27)/p-2. The summed E-state index contributed by atoms with van der Waals surface area (Å²) in [5.41, 5.74) is -0.784. The number of piperidine rings is 1. The highest BCUT2D eigenvalue weighted by atomic mass is 32.2. The maximum absolute atomic E-state index is 13.4. The number of hydrogen-bond acceptors (Lipinski definition) is 9. The van der Waals surface area contributed by atoms with Crippen LogP contribution in [0, 0.1) is 0 Å².